The van der Waals surface area contributed by atoms with E-state index in [2.05, 4.69) is 26.6 Å². The molecular weight excluding hydrogens is 372 g/mol. The van der Waals surface area contributed by atoms with Gasteiger partial charge in [-0.05, 0) is 30.7 Å². The summed E-state index contributed by atoms with van der Waals surface area (Å²) in [6.45, 7) is 4.14. The molecule has 0 atom stereocenters. The van der Waals surface area contributed by atoms with Crippen molar-refractivity contribution in [3.8, 4) is 0 Å². The maximum atomic E-state index is 12.3. The van der Waals surface area contributed by atoms with Crippen LogP contribution < -0.4 is 16.3 Å². The summed E-state index contributed by atoms with van der Waals surface area (Å²) in [4.78, 5) is 24.3. The number of hydrogen-bond acceptors (Lipinski definition) is 4. The molecule has 0 aliphatic carbocycles. The van der Waals surface area contributed by atoms with Gasteiger partial charge >= 0.3 is 5.63 Å². The second-order valence-corrected chi connectivity index (χ2v) is 6.18. The molecule has 1 aromatic heterocycles. The molecule has 2 N–H and O–H groups in total. The van der Waals surface area contributed by atoms with Gasteiger partial charge < -0.3 is 15.1 Å². The maximum Gasteiger partial charge on any atom is 0.349 e. The van der Waals surface area contributed by atoms with E-state index in [-0.39, 0.29) is 23.9 Å². The van der Waals surface area contributed by atoms with Crippen LogP contribution >= 0.6 is 28.3 Å². The Bertz CT molecular complexity index is 771. The van der Waals surface area contributed by atoms with Gasteiger partial charge in [0.1, 0.15) is 11.1 Å². The third-order valence-electron chi connectivity index (χ3n) is 3.77. The van der Waals surface area contributed by atoms with E-state index in [9.17, 15) is 9.59 Å². The second kappa shape index (κ2) is 6.81. The Labute approximate surface area is 142 Å². The molecule has 118 valence electrons. The quantitative estimate of drug-likeness (QED) is 0.792. The van der Waals surface area contributed by atoms with E-state index in [1.807, 2.05) is 6.07 Å². The summed E-state index contributed by atoms with van der Waals surface area (Å²) >= 11 is 3.39. The Hall–Kier alpha value is -1.37. The molecule has 2 heterocycles. The van der Waals surface area contributed by atoms with Crippen LogP contribution in [0.3, 0.4) is 0 Å². The molecular formula is C15H16BrClN2O3. The van der Waals surface area contributed by atoms with Gasteiger partial charge in [0.25, 0.3) is 5.91 Å². The van der Waals surface area contributed by atoms with Gasteiger partial charge in [-0.1, -0.05) is 15.9 Å². The van der Waals surface area contributed by atoms with Crippen LogP contribution in [0.5, 0.6) is 0 Å². The van der Waals surface area contributed by atoms with Crippen LogP contribution in [0, 0.1) is 12.8 Å². The maximum absolute atomic E-state index is 12.3. The standard InChI is InChI=1S/C15H15BrN2O3.ClH/c1-8-11-4-10(16)2-3-12(11)21-15(20)13(8)14(19)18-7-9-5-17-6-9;/h2-4,9,17H,5-7H2,1H3,(H,18,19);1H. The average Bonchev–Trinajstić information content (AvgIpc) is 2.38. The largest absolute Gasteiger partial charge is 0.422 e. The molecule has 22 heavy (non-hydrogen) atoms. The molecule has 7 heteroatoms. The van der Waals surface area contributed by atoms with Crippen LogP contribution in [-0.2, 0) is 0 Å². The van der Waals surface area contributed by atoms with Gasteiger partial charge in [0.05, 0.1) is 0 Å². The van der Waals surface area contributed by atoms with E-state index >= 15 is 0 Å². The van der Waals surface area contributed by atoms with Crippen molar-refractivity contribution >= 4 is 45.2 Å². The molecule has 3 rings (SSSR count). The van der Waals surface area contributed by atoms with Crippen LogP contribution in [0.1, 0.15) is 15.9 Å². The van der Waals surface area contributed by atoms with Crippen molar-refractivity contribution in [1.82, 2.24) is 10.6 Å². The third-order valence-corrected chi connectivity index (χ3v) is 4.27. The monoisotopic (exact) mass is 386 g/mol. The number of aryl methyl sites for hydroxylation is 1. The van der Waals surface area contributed by atoms with Crippen molar-refractivity contribution in [2.24, 2.45) is 5.92 Å². The summed E-state index contributed by atoms with van der Waals surface area (Å²) < 4.78 is 6.12. The Kier molecular flexibility index (Phi) is 5.26. The highest BCUT2D eigenvalue weighted by Gasteiger charge is 2.21. The predicted octanol–water partition coefficient (Wildman–Crippen LogP) is 2.23. The average molecular weight is 388 g/mol. The summed E-state index contributed by atoms with van der Waals surface area (Å²) in [7, 11) is 0. The summed E-state index contributed by atoms with van der Waals surface area (Å²) in [6, 6.07) is 5.36. The molecule has 1 aliphatic rings. The summed E-state index contributed by atoms with van der Waals surface area (Å²) in [6.07, 6.45) is 0. The first-order chi connectivity index (χ1) is 10.1. The van der Waals surface area contributed by atoms with Gasteiger partial charge in [-0.3, -0.25) is 4.79 Å². The second-order valence-electron chi connectivity index (χ2n) is 5.26. The van der Waals surface area contributed by atoms with Crippen molar-refractivity contribution in [2.45, 2.75) is 6.92 Å². The fourth-order valence-corrected chi connectivity index (χ4v) is 2.77. The molecule has 5 nitrogen and oxygen atoms in total. The van der Waals surface area contributed by atoms with E-state index < -0.39 is 5.63 Å². The van der Waals surface area contributed by atoms with Crippen molar-refractivity contribution < 1.29 is 9.21 Å². The van der Waals surface area contributed by atoms with E-state index in [1.54, 1.807) is 19.1 Å². The lowest BCUT2D eigenvalue weighted by Gasteiger charge is -2.27. The normalized spacial score (nSPS) is 14.3. The van der Waals surface area contributed by atoms with Gasteiger partial charge in [0.2, 0.25) is 0 Å². The first kappa shape index (κ1) is 17.0. The zero-order chi connectivity index (χ0) is 15.0. The van der Waals surface area contributed by atoms with Crippen LogP contribution in [0.4, 0.5) is 0 Å². The highest BCUT2D eigenvalue weighted by atomic mass is 79.9. The Morgan fingerprint density at radius 1 is 1.45 bits per heavy atom. The number of amides is 1. The summed E-state index contributed by atoms with van der Waals surface area (Å²) in [5, 5.41) is 6.72. The number of nitrogens with one attached hydrogen (secondary N) is 2. The van der Waals surface area contributed by atoms with Gasteiger partial charge in [0, 0.05) is 35.4 Å². The van der Waals surface area contributed by atoms with E-state index in [0.29, 0.717) is 23.6 Å². The fourth-order valence-electron chi connectivity index (χ4n) is 2.40. The molecule has 0 spiro atoms. The SMILES string of the molecule is Cc1c(C(=O)NCC2CNC2)c(=O)oc2ccc(Br)cc12.Cl. The predicted molar refractivity (Wildman–Crippen MR) is 90.9 cm³/mol. The number of hydrogen-bond donors (Lipinski definition) is 2. The van der Waals surface area contributed by atoms with Crippen molar-refractivity contribution in [2.75, 3.05) is 19.6 Å². The fraction of sp³-hybridized carbons (Fsp3) is 0.333. The minimum Gasteiger partial charge on any atom is -0.422 e. The highest BCUT2D eigenvalue weighted by Crippen LogP contribution is 2.23. The van der Waals surface area contributed by atoms with Crippen molar-refractivity contribution in [3.05, 3.63) is 44.2 Å². The van der Waals surface area contributed by atoms with Gasteiger partial charge in [-0.25, -0.2) is 4.79 Å². The number of fused-ring (bicyclic) bond motifs is 1. The molecule has 1 aliphatic heterocycles. The number of carbonyl (C=O) groups excluding carboxylic acids is 1. The number of rotatable bonds is 3. The Balaban J connectivity index is 0.00000176. The molecule has 0 unspecified atom stereocenters. The molecule has 1 aromatic carbocycles. The summed E-state index contributed by atoms with van der Waals surface area (Å²) in [5.74, 6) is 0.0749. The van der Waals surface area contributed by atoms with E-state index in [4.69, 9.17) is 4.42 Å². The van der Waals surface area contributed by atoms with E-state index in [1.165, 1.54) is 0 Å². The van der Waals surface area contributed by atoms with Crippen molar-refractivity contribution in [1.29, 1.82) is 0 Å². The lowest BCUT2D eigenvalue weighted by atomic mass is 10.0. The van der Waals surface area contributed by atoms with Crippen LogP contribution in [0.15, 0.2) is 31.9 Å². The molecule has 0 saturated carbocycles. The third kappa shape index (κ3) is 3.19. The number of carbonyl (C=O) groups is 1. The van der Waals surface area contributed by atoms with Gasteiger partial charge in [0.15, 0.2) is 0 Å². The summed E-state index contributed by atoms with van der Waals surface area (Å²) in [5.41, 5.74) is 0.631. The first-order valence-corrected chi connectivity index (χ1v) is 7.57. The van der Waals surface area contributed by atoms with Crippen LogP contribution in [0.2, 0.25) is 0 Å². The Morgan fingerprint density at radius 3 is 2.82 bits per heavy atom. The number of benzene rings is 1. The lowest BCUT2D eigenvalue weighted by Crippen LogP contribution is -2.48. The molecule has 0 radical (unpaired) electrons. The van der Waals surface area contributed by atoms with Gasteiger partial charge in [-0.2, -0.15) is 0 Å². The minimum atomic E-state index is -0.591. The molecule has 1 saturated heterocycles. The Morgan fingerprint density at radius 2 is 2.18 bits per heavy atom. The highest BCUT2D eigenvalue weighted by molar-refractivity contribution is 9.10. The molecule has 0 bridgehead atoms. The van der Waals surface area contributed by atoms with Crippen molar-refractivity contribution in [3.63, 3.8) is 0 Å². The van der Waals surface area contributed by atoms with Crippen LogP contribution in [-0.4, -0.2) is 25.5 Å². The zero-order valence-electron chi connectivity index (χ0n) is 11.9. The minimum absolute atomic E-state index is 0. The smallest absolute Gasteiger partial charge is 0.349 e. The van der Waals surface area contributed by atoms with E-state index in [0.717, 1.165) is 22.9 Å². The number of halogens is 2. The van der Waals surface area contributed by atoms with Gasteiger partial charge in [-0.15, -0.1) is 12.4 Å². The first-order valence-electron chi connectivity index (χ1n) is 6.78. The molecule has 1 amide bonds. The zero-order valence-corrected chi connectivity index (χ0v) is 14.3. The molecule has 2 aromatic rings. The lowest BCUT2D eigenvalue weighted by molar-refractivity contribution is 0.0938. The molecule has 1 fully saturated rings. The van der Waals surface area contributed by atoms with Crippen LogP contribution in [0.25, 0.3) is 11.0 Å². The topological polar surface area (TPSA) is 71.3 Å².